The molecule has 0 fully saturated rings. The Bertz CT molecular complexity index is 447. The van der Waals surface area contributed by atoms with Crippen molar-refractivity contribution in [2.24, 2.45) is 0 Å². The topological polar surface area (TPSA) is 64.6 Å². The van der Waals surface area contributed by atoms with Gasteiger partial charge in [-0.3, -0.25) is 5.32 Å². The number of anilines is 1. The summed E-state index contributed by atoms with van der Waals surface area (Å²) in [5.41, 5.74) is 0.281. The molecule has 6 heteroatoms. The molecule has 0 spiro atoms. The number of halogens is 1. The van der Waals surface area contributed by atoms with E-state index in [2.05, 4.69) is 16.6 Å². The van der Waals surface area contributed by atoms with E-state index in [-0.39, 0.29) is 18.9 Å². The summed E-state index contributed by atoms with van der Waals surface area (Å²) in [6.45, 7) is 3.04. The molecule has 0 aliphatic carbocycles. The first-order chi connectivity index (χ1) is 8.61. The average Bonchev–Trinajstić information content (AvgIpc) is 2.34. The minimum Gasteiger partial charge on any atom is -0.459 e. The molecule has 0 aliphatic rings. The van der Waals surface area contributed by atoms with Gasteiger partial charge in [-0.05, 0) is 18.2 Å². The van der Waals surface area contributed by atoms with Crippen LogP contribution in [0, 0.1) is 5.82 Å². The molecular weight excluding hydrogens is 241 g/mol. The van der Waals surface area contributed by atoms with Crippen LogP contribution in [0.5, 0.6) is 0 Å². The number of rotatable bonds is 5. The van der Waals surface area contributed by atoms with Crippen LogP contribution in [0.15, 0.2) is 36.9 Å². The quantitative estimate of drug-likeness (QED) is 0.496. The highest BCUT2D eigenvalue weighted by Gasteiger charge is 2.04. The Morgan fingerprint density at radius 2 is 2.06 bits per heavy atom. The summed E-state index contributed by atoms with van der Waals surface area (Å²) in [5.74, 6) is -1.06. The summed E-state index contributed by atoms with van der Waals surface area (Å²) in [5, 5.41) is 2.32. The van der Waals surface area contributed by atoms with Gasteiger partial charge >= 0.3 is 12.1 Å². The molecule has 96 valence electrons. The molecule has 0 atom stereocenters. The lowest BCUT2D eigenvalue weighted by Gasteiger charge is -2.06. The summed E-state index contributed by atoms with van der Waals surface area (Å²) in [4.78, 5) is 21.9. The molecule has 5 nitrogen and oxygen atoms in total. The van der Waals surface area contributed by atoms with Gasteiger partial charge in [0.15, 0.2) is 0 Å². The van der Waals surface area contributed by atoms with Gasteiger partial charge < -0.3 is 9.47 Å². The zero-order valence-corrected chi connectivity index (χ0v) is 9.52. The van der Waals surface area contributed by atoms with E-state index in [0.717, 1.165) is 12.1 Å². The van der Waals surface area contributed by atoms with Crippen LogP contribution < -0.4 is 5.32 Å². The molecule has 0 bridgehead atoms. The maximum absolute atomic E-state index is 12.8. The van der Waals surface area contributed by atoms with E-state index in [1.54, 1.807) is 0 Å². The van der Waals surface area contributed by atoms with Crippen LogP contribution in [0.25, 0.3) is 0 Å². The van der Waals surface area contributed by atoms with E-state index in [0.29, 0.717) is 0 Å². The molecule has 1 N–H and O–H groups in total. The fraction of sp³-hybridized carbons (Fsp3) is 0.167. The van der Waals surface area contributed by atoms with Crippen molar-refractivity contribution < 1.29 is 23.5 Å². The van der Waals surface area contributed by atoms with Gasteiger partial charge in [-0.25, -0.2) is 14.0 Å². The molecule has 0 aliphatic heterocycles. The van der Waals surface area contributed by atoms with Gasteiger partial charge in [0.05, 0.1) is 0 Å². The molecule has 0 unspecified atom stereocenters. The molecule has 0 heterocycles. The normalized spacial score (nSPS) is 9.39. The summed E-state index contributed by atoms with van der Waals surface area (Å²) < 4.78 is 22.1. The molecule has 18 heavy (non-hydrogen) atoms. The van der Waals surface area contributed by atoms with E-state index in [1.165, 1.54) is 18.2 Å². The third-order valence-electron chi connectivity index (χ3n) is 1.80. The minimum atomic E-state index is -0.754. The Balaban J connectivity index is 2.26. The first kappa shape index (κ1) is 13.7. The second-order valence-electron chi connectivity index (χ2n) is 3.14. The highest BCUT2D eigenvalue weighted by molar-refractivity contribution is 5.84. The number of benzene rings is 1. The molecule has 0 saturated heterocycles. The summed E-state index contributed by atoms with van der Waals surface area (Å²) in [7, 11) is 0. The monoisotopic (exact) mass is 253 g/mol. The fourth-order valence-corrected chi connectivity index (χ4v) is 1.06. The van der Waals surface area contributed by atoms with Crippen molar-refractivity contribution in [3.63, 3.8) is 0 Å². The van der Waals surface area contributed by atoms with Gasteiger partial charge in [-0.2, -0.15) is 0 Å². The highest BCUT2D eigenvalue weighted by atomic mass is 19.1. The van der Waals surface area contributed by atoms with Gasteiger partial charge in [0, 0.05) is 11.8 Å². The number of amides is 1. The van der Waals surface area contributed by atoms with Crippen LogP contribution in [0.3, 0.4) is 0 Å². The smallest absolute Gasteiger partial charge is 0.411 e. The molecule has 0 saturated carbocycles. The van der Waals surface area contributed by atoms with Gasteiger partial charge in [0.1, 0.15) is 19.0 Å². The van der Waals surface area contributed by atoms with Crippen molar-refractivity contribution >= 4 is 17.7 Å². The van der Waals surface area contributed by atoms with E-state index in [1.807, 2.05) is 0 Å². The van der Waals surface area contributed by atoms with E-state index < -0.39 is 17.9 Å². The van der Waals surface area contributed by atoms with Crippen molar-refractivity contribution in [3.8, 4) is 0 Å². The Hall–Kier alpha value is -2.37. The minimum absolute atomic E-state index is 0.0680. The van der Waals surface area contributed by atoms with E-state index in [9.17, 15) is 14.0 Å². The maximum atomic E-state index is 12.8. The lowest BCUT2D eigenvalue weighted by atomic mass is 10.3. The molecule has 1 aromatic rings. The van der Waals surface area contributed by atoms with Crippen LogP contribution in [0.1, 0.15) is 0 Å². The molecule has 0 radical (unpaired) electrons. The number of ether oxygens (including phenoxy) is 2. The number of hydrogen-bond acceptors (Lipinski definition) is 4. The predicted molar refractivity (Wildman–Crippen MR) is 62.5 cm³/mol. The van der Waals surface area contributed by atoms with Gasteiger partial charge in [-0.1, -0.05) is 12.6 Å². The number of carbonyl (C=O) groups excluding carboxylic acids is 2. The lowest BCUT2D eigenvalue weighted by molar-refractivity contribution is -0.138. The molecule has 1 rings (SSSR count). The number of esters is 1. The van der Waals surface area contributed by atoms with Crippen LogP contribution in [-0.4, -0.2) is 25.3 Å². The fourth-order valence-electron chi connectivity index (χ4n) is 1.06. The van der Waals surface area contributed by atoms with Crippen LogP contribution in [0.4, 0.5) is 14.9 Å². The second-order valence-corrected chi connectivity index (χ2v) is 3.14. The Morgan fingerprint density at radius 1 is 1.33 bits per heavy atom. The average molecular weight is 253 g/mol. The lowest BCUT2D eigenvalue weighted by Crippen LogP contribution is -2.17. The Morgan fingerprint density at radius 3 is 2.72 bits per heavy atom. The van der Waals surface area contributed by atoms with Gasteiger partial charge in [-0.15, -0.1) is 0 Å². The van der Waals surface area contributed by atoms with Crippen molar-refractivity contribution in [2.75, 3.05) is 18.5 Å². The number of hydrogen-bond donors (Lipinski definition) is 1. The maximum Gasteiger partial charge on any atom is 0.411 e. The molecule has 1 amide bonds. The van der Waals surface area contributed by atoms with E-state index >= 15 is 0 Å². The van der Waals surface area contributed by atoms with Crippen LogP contribution >= 0.6 is 0 Å². The standard InChI is InChI=1S/C12H12FNO4/c1-2-11(15)17-6-7-18-12(16)14-10-5-3-4-9(13)8-10/h2-5,8H,1,6-7H2,(H,14,16). The van der Waals surface area contributed by atoms with Crippen LogP contribution in [0.2, 0.25) is 0 Å². The molecule has 0 aromatic heterocycles. The molecule has 1 aromatic carbocycles. The van der Waals surface area contributed by atoms with Gasteiger partial charge in [0.25, 0.3) is 0 Å². The van der Waals surface area contributed by atoms with Crippen molar-refractivity contribution in [3.05, 3.63) is 42.7 Å². The van der Waals surface area contributed by atoms with Crippen molar-refractivity contribution in [2.45, 2.75) is 0 Å². The zero-order valence-electron chi connectivity index (χ0n) is 9.52. The summed E-state index contributed by atoms with van der Waals surface area (Å²) in [6, 6.07) is 5.38. The van der Waals surface area contributed by atoms with Gasteiger partial charge in [0.2, 0.25) is 0 Å². The predicted octanol–water partition coefficient (Wildman–Crippen LogP) is 2.10. The highest BCUT2D eigenvalue weighted by Crippen LogP contribution is 2.09. The summed E-state index contributed by atoms with van der Waals surface area (Å²) >= 11 is 0. The van der Waals surface area contributed by atoms with Crippen molar-refractivity contribution in [1.29, 1.82) is 0 Å². The zero-order chi connectivity index (χ0) is 13.4. The molecular formula is C12H12FNO4. The largest absolute Gasteiger partial charge is 0.459 e. The number of carbonyl (C=O) groups is 2. The first-order valence-electron chi connectivity index (χ1n) is 5.10. The van der Waals surface area contributed by atoms with Crippen LogP contribution in [-0.2, 0) is 14.3 Å². The Labute approximate surface area is 103 Å². The SMILES string of the molecule is C=CC(=O)OCCOC(=O)Nc1cccc(F)c1. The van der Waals surface area contributed by atoms with Crippen molar-refractivity contribution in [1.82, 2.24) is 0 Å². The third-order valence-corrected chi connectivity index (χ3v) is 1.80. The first-order valence-corrected chi connectivity index (χ1v) is 5.10. The number of nitrogens with one attached hydrogen (secondary N) is 1. The summed E-state index contributed by atoms with van der Waals surface area (Å²) in [6.07, 6.45) is 0.252. The second kappa shape index (κ2) is 7.05. The third kappa shape index (κ3) is 5.11. The Kier molecular flexibility index (Phi) is 5.37. The van der Waals surface area contributed by atoms with E-state index in [4.69, 9.17) is 4.74 Å².